The zero-order valence-electron chi connectivity index (χ0n) is 25.6. The number of aromatic nitrogens is 3. The average Bonchev–Trinajstić information content (AvgIpc) is 3.66. The number of pyridine rings is 1. The molecule has 1 saturated carbocycles. The van der Waals surface area contributed by atoms with Gasteiger partial charge in [-0.2, -0.15) is 9.97 Å². The number of nitrogens with zero attached hydrogens (tertiary/aromatic N) is 5. The summed E-state index contributed by atoms with van der Waals surface area (Å²) in [4.78, 5) is 18.9. The van der Waals surface area contributed by atoms with Crippen LogP contribution in [0.1, 0.15) is 51.4 Å². The minimum atomic E-state index is -0.873. The van der Waals surface area contributed by atoms with E-state index in [4.69, 9.17) is 14.7 Å². The summed E-state index contributed by atoms with van der Waals surface area (Å²) in [5, 5.41) is 16.4. The summed E-state index contributed by atoms with van der Waals surface area (Å²) < 4.78 is 39.2. The lowest BCUT2D eigenvalue weighted by atomic mass is 9.81. The quantitative estimate of drug-likeness (QED) is 0.229. The third-order valence-electron chi connectivity index (χ3n) is 11.3. The van der Waals surface area contributed by atoms with Crippen LogP contribution >= 0.6 is 22.6 Å². The number of rotatable bonds is 5. The van der Waals surface area contributed by atoms with Gasteiger partial charge in [0.25, 0.3) is 0 Å². The average molecular weight is 739 g/mol. The SMILES string of the molecule is Oc1cc(-c2ncc3c(N4CC5CCC(C4)N5)nc(OC[C@@]45C[C@H](F)CN4[C@@H]4CCCC[C@@H]4C5)nc3c2F)c2c(I)cccc2c1. The van der Waals surface area contributed by atoms with E-state index in [-0.39, 0.29) is 35.1 Å². The molecular formula is C35H37F2IN6O2. The molecule has 1 aliphatic carbocycles. The largest absolute Gasteiger partial charge is 0.508 e. The van der Waals surface area contributed by atoms with Crippen molar-refractivity contribution in [3.63, 3.8) is 0 Å². The van der Waals surface area contributed by atoms with Gasteiger partial charge in [0.1, 0.15) is 35.6 Å². The number of ether oxygens (including phenoxy) is 1. The van der Waals surface area contributed by atoms with Crippen molar-refractivity contribution in [1.29, 1.82) is 0 Å². The van der Waals surface area contributed by atoms with Crippen LogP contribution in [0.3, 0.4) is 0 Å². The summed E-state index contributed by atoms with van der Waals surface area (Å²) in [6.45, 7) is 2.25. The summed E-state index contributed by atoms with van der Waals surface area (Å²) in [6.07, 6.45) is 9.08. The lowest BCUT2D eigenvalue weighted by Crippen LogP contribution is -2.51. The normalized spacial score (nSPS) is 30.7. The Morgan fingerprint density at radius 1 is 1.04 bits per heavy atom. The molecule has 2 N–H and O–H groups in total. The molecule has 2 aromatic carbocycles. The van der Waals surface area contributed by atoms with E-state index in [0.29, 0.717) is 53.8 Å². The number of phenols is 1. The van der Waals surface area contributed by atoms with Gasteiger partial charge in [0.2, 0.25) is 0 Å². The van der Waals surface area contributed by atoms with Crippen molar-refractivity contribution in [3.05, 3.63) is 45.9 Å². The van der Waals surface area contributed by atoms with Gasteiger partial charge in [-0.3, -0.25) is 9.88 Å². The molecule has 2 aromatic heterocycles. The fourth-order valence-electron chi connectivity index (χ4n) is 9.45. The number of hydrogen-bond donors (Lipinski definition) is 2. The summed E-state index contributed by atoms with van der Waals surface area (Å²) in [7, 11) is 0. The second-order valence-electron chi connectivity index (χ2n) is 14.2. The van der Waals surface area contributed by atoms with Crippen LogP contribution in [0.4, 0.5) is 14.6 Å². The Hall–Kier alpha value is -2.90. The minimum Gasteiger partial charge on any atom is -0.508 e. The second-order valence-corrected chi connectivity index (χ2v) is 15.3. The summed E-state index contributed by atoms with van der Waals surface area (Å²) in [5.74, 6) is 0.654. The smallest absolute Gasteiger partial charge is 0.319 e. The number of nitrogens with one attached hydrogen (secondary N) is 1. The second kappa shape index (κ2) is 11.1. The lowest BCUT2D eigenvalue weighted by Gasteiger charge is -2.36. The van der Waals surface area contributed by atoms with E-state index in [9.17, 15) is 9.50 Å². The topological polar surface area (TPSA) is 86.6 Å². The summed E-state index contributed by atoms with van der Waals surface area (Å²) >= 11 is 2.24. The molecule has 5 aliphatic rings. The van der Waals surface area contributed by atoms with Crippen molar-refractivity contribution in [2.75, 3.05) is 31.1 Å². The van der Waals surface area contributed by atoms with Crippen molar-refractivity contribution in [2.24, 2.45) is 5.92 Å². The zero-order valence-corrected chi connectivity index (χ0v) is 27.7. The van der Waals surface area contributed by atoms with Gasteiger partial charge in [-0.15, -0.1) is 0 Å². The minimum absolute atomic E-state index is 0.0400. The van der Waals surface area contributed by atoms with E-state index in [1.165, 1.54) is 19.3 Å². The number of anilines is 1. The van der Waals surface area contributed by atoms with E-state index in [1.54, 1.807) is 18.3 Å². The molecule has 46 heavy (non-hydrogen) atoms. The molecule has 4 saturated heterocycles. The third-order valence-corrected chi connectivity index (χ3v) is 12.2. The highest BCUT2D eigenvalue weighted by Gasteiger charge is 2.57. The maximum atomic E-state index is 16.9. The van der Waals surface area contributed by atoms with E-state index < -0.39 is 12.0 Å². The van der Waals surface area contributed by atoms with Crippen LogP contribution in [0.25, 0.3) is 32.9 Å². The molecule has 0 amide bonds. The number of phenolic OH excluding ortho intramolecular Hbond substituents is 1. The fraction of sp³-hybridized carbons (Fsp3) is 0.514. The molecule has 11 heteroatoms. The maximum Gasteiger partial charge on any atom is 0.319 e. The standard InChI is InChI=1S/C35H37F2IN6O2/c36-21-13-35(12-20-4-1-2-7-28(20)44(35)15-21)18-46-34-41-32-26(33(42-34)43-16-22-8-9-23(17-43)40-22)14-39-31(30(32)37)25-11-24(45)10-19-5-3-6-27(38)29(19)25/h3,5-6,10-11,14,20-23,28,40,45H,1-2,4,7-9,12-13,15-18H2/t20-,21+,22?,23?,28-,35-/m1/s1. The summed E-state index contributed by atoms with van der Waals surface area (Å²) in [6, 6.07) is 10.2. The molecule has 0 radical (unpaired) electrons. The molecule has 2 unspecified atom stereocenters. The molecule has 4 aliphatic heterocycles. The molecule has 0 spiro atoms. The highest BCUT2D eigenvalue weighted by Crippen LogP contribution is 2.51. The molecule has 9 rings (SSSR count). The van der Waals surface area contributed by atoms with Crippen molar-refractivity contribution in [3.8, 4) is 23.0 Å². The van der Waals surface area contributed by atoms with Crippen LogP contribution in [-0.4, -0.2) is 81.0 Å². The molecule has 6 heterocycles. The number of hydrogen-bond acceptors (Lipinski definition) is 8. The Balaban J connectivity index is 1.15. The van der Waals surface area contributed by atoms with Crippen LogP contribution in [-0.2, 0) is 0 Å². The Morgan fingerprint density at radius 2 is 1.87 bits per heavy atom. The molecule has 5 fully saturated rings. The number of benzene rings is 2. The monoisotopic (exact) mass is 738 g/mol. The summed E-state index contributed by atoms with van der Waals surface area (Å²) in [5.41, 5.74) is 0.382. The van der Waals surface area contributed by atoms with E-state index >= 15 is 4.39 Å². The fourth-order valence-corrected chi connectivity index (χ4v) is 10.3. The number of aromatic hydroxyl groups is 1. The molecule has 6 atom stereocenters. The highest BCUT2D eigenvalue weighted by molar-refractivity contribution is 14.1. The Morgan fingerprint density at radius 3 is 2.72 bits per heavy atom. The predicted octanol–water partition coefficient (Wildman–Crippen LogP) is 6.36. The van der Waals surface area contributed by atoms with Crippen molar-refractivity contribution in [2.45, 2.75) is 81.2 Å². The van der Waals surface area contributed by atoms with Crippen molar-refractivity contribution < 1.29 is 18.6 Å². The van der Waals surface area contributed by atoms with Crippen LogP contribution < -0.4 is 15.0 Å². The number of alkyl halides is 1. The first kappa shape index (κ1) is 29.3. The van der Waals surface area contributed by atoms with Gasteiger partial charge in [-0.05, 0) is 84.2 Å². The van der Waals surface area contributed by atoms with Gasteiger partial charge in [0.05, 0.1) is 10.9 Å². The number of piperazine rings is 1. The van der Waals surface area contributed by atoms with Crippen LogP contribution in [0.5, 0.6) is 11.8 Å². The zero-order chi connectivity index (χ0) is 31.2. The van der Waals surface area contributed by atoms with Crippen LogP contribution in [0.15, 0.2) is 36.5 Å². The first-order valence-corrected chi connectivity index (χ1v) is 17.8. The number of halogens is 3. The van der Waals surface area contributed by atoms with Crippen molar-refractivity contribution >= 4 is 50.1 Å². The van der Waals surface area contributed by atoms with Gasteiger partial charge in [0.15, 0.2) is 5.82 Å². The Bertz CT molecular complexity index is 1850. The first-order valence-electron chi connectivity index (χ1n) is 16.7. The number of fused-ring (bicyclic) bond motifs is 7. The van der Waals surface area contributed by atoms with E-state index in [0.717, 1.165) is 53.1 Å². The van der Waals surface area contributed by atoms with E-state index in [2.05, 4.69) is 42.7 Å². The molecule has 240 valence electrons. The van der Waals surface area contributed by atoms with Crippen LogP contribution in [0, 0.1) is 15.3 Å². The molecule has 8 nitrogen and oxygen atoms in total. The lowest BCUT2D eigenvalue weighted by molar-refractivity contribution is 0.0775. The highest BCUT2D eigenvalue weighted by atomic mass is 127. The van der Waals surface area contributed by atoms with Crippen LogP contribution in [0.2, 0.25) is 0 Å². The van der Waals surface area contributed by atoms with E-state index in [1.807, 2.05) is 18.2 Å². The van der Waals surface area contributed by atoms with Gasteiger partial charge >= 0.3 is 6.01 Å². The third kappa shape index (κ3) is 4.74. The predicted molar refractivity (Wildman–Crippen MR) is 182 cm³/mol. The Kier molecular flexibility index (Phi) is 7.05. The first-order chi connectivity index (χ1) is 22.3. The molecule has 4 aromatic rings. The Labute approximate surface area is 280 Å². The molecule has 2 bridgehead atoms. The van der Waals surface area contributed by atoms with Gasteiger partial charge in [-0.1, -0.05) is 25.0 Å². The maximum absolute atomic E-state index is 16.9. The van der Waals surface area contributed by atoms with Crippen molar-refractivity contribution in [1.82, 2.24) is 25.2 Å². The van der Waals surface area contributed by atoms with Gasteiger partial charge in [0, 0.05) is 64.9 Å². The molecular weight excluding hydrogens is 701 g/mol. The van der Waals surface area contributed by atoms with Gasteiger partial charge in [-0.25, -0.2) is 8.78 Å². The van der Waals surface area contributed by atoms with Gasteiger partial charge < -0.3 is 20.1 Å².